The van der Waals surface area contributed by atoms with E-state index in [4.69, 9.17) is 11.6 Å². The van der Waals surface area contributed by atoms with Crippen LogP contribution in [0.2, 0.25) is 5.02 Å². The van der Waals surface area contributed by atoms with E-state index < -0.39 is 10.9 Å². The van der Waals surface area contributed by atoms with Crippen LogP contribution in [0.25, 0.3) is 0 Å². The van der Waals surface area contributed by atoms with E-state index in [-0.39, 0.29) is 16.3 Å². The summed E-state index contributed by atoms with van der Waals surface area (Å²) in [5, 5.41) is 20.3. The molecule has 1 aliphatic heterocycles. The topological polar surface area (TPSA) is 83.7 Å². The molecule has 1 aromatic rings. The molecule has 114 valence electrons. The summed E-state index contributed by atoms with van der Waals surface area (Å²) in [5.41, 5.74) is -0.0167. The van der Waals surface area contributed by atoms with Crippen LogP contribution in [0, 0.1) is 16.0 Å². The average Bonchev–Trinajstić information content (AvgIpc) is 2.62. The van der Waals surface area contributed by atoms with Crippen molar-refractivity contribution in [2.75, 3.05) is 18.0 Å². The van der Waals surface area contributed by atoms with Gasteiger partial charge in [0.2, 0.25) is 0 Å². The highest BCUT2D eigenvalue weighted by Gasteiger charge is 2.25. The summed E-state index contributed by atoms with van der Waals surface area (Å²) < 4.78 is 0. The Kier molecular flexibility index (Phi) is 4.67. The predicted octanol–water partition coefficient (Wildman–Crippen LogP) is 3.57. The van der Waals surface area contributed by atoms with Crippen LogP contribution in [-0.2, 0) is 0 Å². The number of non-ortho nitro benzene ring substituents is 1. The molecule has 1 unspecified atom stereocenters. The highest BCUT2D eigenvalue weighted by Crippen LogP contribution is 2.36. The lowest BCUT2D eigenvalue weighted by Gasteiger charge is -2.25. The van der Waals surface area contributed by atoms with Gasteiger partial charge in [-0.1, -0.05) is 18.5 Å². The molecule has 0 amide bonds. The van der Waals surface area contributed by atoms with Crippen LogP contribution in [0.1, 0.15) is 36.5 Å². The summed E-state index contributed by atoms with van der Waals surface area (Å²) in [6, 6.07) is 2.30. The summed E-state index contributed by atoms with van der Waals surface area (Å²) in [5.74, 6) is -0.618. The van der Waals surface area contributed by atoms with Crippen molar-refractivity contribution >= 4 is 28.9 Å². The van der Waals surface area contributed by atoms with Gasteiger partial charge in [-0.25, -0.2) is 4.79 Å². The summed E-state index contributed by atoms with van der Waals surface area (Å²) in [4.78, 5) is 23.6. The van der Waals surface area contributed by atoms with E-state index in [1.807, 2.05) is 4.90 Å². The predicted molar refractivity (Wildman–Crippen MR) is 80.3 cm³/mol. The number of anilines is 1. The van der Waals surface area contributed by atoms with E-state index in [2.05, 4.69) is 6.92 Å². The summed E-state index contributed by atoms with van der Waals surface area (Å²) >= 11 is 6.14. The fraction of sp³-hybridized carbons (Fsp3) is 0.500. The van der Waals surface area contributed by atoms with Gasteiger partial charge in [-0.3, -0.25) is 10.1 Å². The number of carboxylic acid groups (broad SMARTS) is 1. The van der Waals surface area contributed by atoms with Crippen molar-refractivity contribution in [2.24, 2.45) is 5.92 Å². The molecule has 1 aliphatic rings. The lowest BCUT2D eigenvalue weighted by Crippen LogP contribution is -2.26. The molecule has 0 aromatic heterocycles. The molecule has 21 heavy (non-hydrogen) atoms. The number of hydrogen-bond donors (Lipinski definition) is 1. The van der Waals surface area contributed by atoms with E-state index in [9.17, 15) is 20.0 Å². The van der Waals surface area contributed by atoms with Crippen molar-refractivity contribution in [1.82, 2.24) is 0 Å². The number of benzene rings is 1. The Morgan fingerprint density at radius 3 is 2.76 bits per heavy atom. The van der Waals surface area contributed by atoms with Gasteiger partial charge in [0.05, 0.1) is 21.2 Å². The van der Waals surface area contributed by atoms with Gasteiger partial charge >= 0.3 is 5.97 Å². The highest BCUT2D eigenvalue weighted by atomic mass is 35.5. The third kappa shape index (κ3) is 3.44. The Morgan fingerprint density at radius 2 is 2.14 bits per heavy atom. The SMILES string of the molecule is CC1CCCN(c2c(Cl)cc([N+](=O)[O-])cc2C(=O)O)CC1. The second-order valence-electron chi connectivity index (χ2n) is 5.41. The third-order valence-corrected chi connectivity index (χ3v) is 4.11. The lowest BCUT2D eigenvalue weighted by molar-refractivity contribution is -0.384. The molecular weight excluding hydrogens is 296 g/mol. The fourth-order valence-corrected chi connectivity index (χ4v) is 2.99. The van der Waals surface area contributed by atoms with Gasteiger partial charge in [-0.05, 0) is 25.2 Å². The molecule has 6 nitrogen and oxygen atoms in total. The molecule has 0 aliphatic carbocycles. The van der Waals surface area contributed by atoms with Crippen LogP contribution in [0.5, 0.6) is 0 Å². The van der Waals surface area contributed by atoms with Crippen molar-refractivity contribution in [2.45, 2.75) is 26.2 Å². The molecule has 0 radical (unpaired) electrons. The maximum atomic E-state index is 11.4. The van der Waals surface area contributed by atoms with E-state index in [1.54, 1.807) is 0 Å². The van der Waals surface area contributed by atoms with Crippen LogP contribution in [0.3, 0.4) is 0 Å². The monoisotopic (exact) mass is 312 g/mol. The Bertz CT molecular complexity index is 576. The number of aromatic carboxylic acids is 1. The molecule has 1 saturated heterocycles. The first-order valence-corrected chi connectivity index (χ1v) is 7.24. The first-order chi connectivity index (χ1) is 9.90. The first kappa shape index (κ1) is 15.6. The standard InChI is InChI=1S/C14H17ClN2O4/c1-9-3-2-5-16(6-4-9)13-11(14(18)19)7-10(17(20)21)8-12(13)15/h7-9H,2-6H2,1H3,(H,18,19). The third-order valence-electron chi connectivity index (χ3n) is 3.82. The molecule has 0 bridgehead atoms. The molecule has 0 spiro atoms. The molecule has 1 aromatic carbocycles. The van der Waals surface area contributed by atoms with Gasteiger partial charge in [0.25, 0.3) is 5.69 Å². The normalized spacial score (nSPS) is 19.1. The molecule has 1 fully saturated rings. The van der Waals surface area contributed by atoms with Gasteiger partial charge in [0.1, 0.15) is 0 Å². The zero-order valence-electron chi connectivity index (χ0n) is 11.7. The molecule has 1 atom stereocenters. The maximum Gasteiger partial charge on any atom is 0.338 e. The van der Waals surface area contributed by atoms with Crippen LogP contribution >= 0.6 is 11.6 Å². The minimum Gasteiger partial charge on any atom is -0.478 e. The summed E-state index contributed by atoms with van der Waals surface area (Å²) in [6.45, 7) is 3.58. The number of hydrogen-bond acceptors (Lipinski definition) is 4. The van der Waals surface area contributed by atoms with Crippen molar-refractivity contribution < 1.29 is 14.8 Å². The van der Waals surface area contributed by atoms with Crippen molar-refractivity contribution in [1.29, 1.82) is 0 Å². The molecule has 7 heteroatoms. The fourth-order valence-electron chi connectivity index (χ4n) is 2.66. The van der Waals surface area contributed by atoms with E-state index in [0.29, 0.717) is 24.7 Å². The Labute approximate surface area is 127 Å². The summed E-state index contributed by atoms with van der Waals surface area (Å²) in [6.07, 6.45) is 2.99. The molecule has 1 heterocycles. The average molecular weight is 313 g/mol. The number of carboxylic acids is 1. The minimum absolute atomic E-state index is 0.108. The molecule has 2 rings (SSSR count). The number of rotatable bonds is 3. The zero-order chi connectivity index (χ0) is 15.6. The largest absolute Gasteiger partial charge is 0.478 e. The number of carbonyl (C=O) groups is 1. The Hall–Kier alpha value is -1.82. The smallest absolute Gasteiger partial charge is 0.338 e. The number of nitro groups is 1. The van der Waals surface area contributed by atoms with Gasteiger partial charge in [-0.15, -0.1) is 0 Å². The number of halogens is 1. The second kappa shape index (κ2) is 6.30. The maximum absolute atomic E-state index is 11.4. The van der Waals surface area contributed by atoms with Crippen molar-refractivity contribution in [3.8, 4) is 0 Å². The number of nitrogens with zero attached hydrogens (tertiary/aromatic N) is 2. The van der Waals surface area contributed by atoms with Gasteiger partial charge in [0.15, 0.2) is 0 Å². The van der Waals surface area contributed by atoms with Gasteiger partial charge < -0.3 is 10.0 Å². The van der Waals surface area contributed by atoms with E-state index >= 15 is 0 Å². The quantitative estimate of drug-likeness (QED) is 0.681. The van der Waals surface area contributed by atoms with Crippen LogP contribution < -0.4 is 4.90 Å². The molecule has 0 saturated carbocycles. The van der Waals surface area contributed by atoms with Gasteiger partial charge in [0, 0.05) is 25.2 Å². The molecule has 1 N–H and O–H groups in total. The Balaban J connectivity index is 2.46. The van der Waals surface area contributed by atoms with Crippen LogP contribution in [-0.4, -0.2) is 29.1 Å². The number of nitro benzene ring substituents is 1. The zero-order valence-corrected chi connectivity index (χ0v) is 12.5. The second-order valence-corrected chi connectivity index (χ2v) is 5.82. The van der Waals surface area contributed by atoms with Gasteiger partial charge in [-0.2, -0.15) is 0 Å². The van der Waals surface area contributed by atoms with Crippen molar-refractivity contribution in [3.05, 3.63) is 32.8 Å². The first-order valence-electron chi connectivity index (χ1n) is 6.86. The van der Waals surface area contributed by atoms with E-state index in [0.717, 1.165) is 25.3 Å². The van der Waals surface area contributed by atoms with E-state index in [1.165, 1.54) is 6.07 Å². The lowest BCUT2D eigenvalue weighted by atomic mass is 10.0. The minimum atomic E-state index is -1.20. The molecular formula is C14H17ClN2O4. The van der Waals surface area contributed by atoms with Crippen molar-refractivity contribution in [3.63, 3.8) is 0 Å². The highest BCUT2D eigenvalue weighted by molar-refractivity contribution is 6.34. The van der Waals surface area contributed by atoms with Crippen LogP contribution in [0.15, 0.2) is 12.1 Å². The van der Waals surface area contributed by atoms with Crippen LogP contribution in [0.4, 0.5) is 11.4 Å². The summed E-state index contributed by atoms with van der Waals surface area (Å²) in [7, 11) is 0. The Morgan fingerprint density at radius 1 is 1.43 bits per heavy atom.